The summed E-state index contributed by atoms with van der Waals surface area (Å²) >= 11 is 12.6. The van der Waals surface area contributed by atoms with Crippen LogP contribution in [-0.4, -0.2) is 46.6 Å². The van der Waals surface area contributed by atoms with Crippen molar-refractivity contribution in [2.45, 2.75) is 37.3 Å². The van der Waals surface area contributed by atoms with Crippen LogP contribution in [0.1, 0.15) is 30.2 Å². The van der Waals surface area contributed by atoms with Crippen molar-refractivity contribution < 1.29 is 19.3 Å². The summed E-state index contributed by atoms with van der Waals surface area (Å²) in [7, 11) is 0. The Kier molecular flexibility index (Phi) is 6.16. The van der Waals surface area contributed by atoms with Gasteiger partial charge in [-0.1, -0.05) is 35.3 Å². The number of hydrogen-bond donors (Lipinski definition) is 2. The highest BCUT2D eigenvalue weighted by Crippen LogP contribution is 2.38. The first-order valence-corrected chi connectivity index (χ1v) is 11.4. The number of fused-ring (bicyclic) bond motifs is 1. The number of nitrogens with zero attached hydrogens (tertiary/aromatic N) is 2. The van der Waals surface area contributed by atoms with Crippen molar-refractivity contribution in [1.29, 1.82) is 0 Å². The van der Waals surface area contributed by atoms with Gasteiger partial charge in [-0.05, 0) is 31.2 Å². The van der Waals surface area contributed by atoms with Gasteiger partial charge in [-0.2, -0.15) is 0 Å². The number of aliphatic hydroxyl groups is 1. The molecule has 2 aromatic heterocycles. The van der Waals surface area contributed by atoms with Crippen molar-refractivity contribution >= 4 is 29.0 Å². The molecule has 0 aliphatic carbocycles. The van der Waals surface area contributed by atoms with E-state index in [9.17, 15) is 5.11 Å². The first kappa shape index (κ1) is 22.4. The summed E-state index contributed by atoms with van der Waals surface area (Å²) in [6.45, 7) is 2.62. The SMILES string of the molecule is C[C@@H](Oc1cc(-c2ccc([C@H]3COC4[C@H](O)CO[C@@H]43)nc2)cnc1N)c1c(Cl)cccc1Cl. The van der Waals surface area contributed by atoms with E-state index < -0.39 is 12.2 Å². The lowest BCUT2D eigenvalue weighted by atomic mass is 9.96. The van der Waals surface area contributed by atoms with Crippen LogP contribution in [0.4, 0.5) is 5.82 Å². The van der Waals surface area contributed by atoms with Gasteiger partial charge in [0, 0.05) is 44.8 Å². The van der Waals surface area contributed by atoms with E-state index in [0.717, 1.165) is 16.8 Å². The molecular weight excluding hydrogens is 465 g/mol. The summed E-state index contributed by atoms with van der Waals surface area (Å²) in [6.07, 6.45) is 1.99. The Hall–Kier alpha value is -2.42. The minimum Gasteiger partial charge on any atom is -0.482 e. The molecule has 0 amide bonds. The summed E-state index contributed by atoms with van der Waals surface area (Å²) in [5, 5.41) is 11.0. The molecule has 5 rings (SSSR count). The Labute approximate surface area is 201 Å². The number of pyridine rings is 2. The highest BCUT2D eigenvalue weighted by atomic mass is 35.5. The second-order valence-electron chi connectivity index (χ2n) is 8.24. The number of nitrogen functional groups attached to an aromatic ring is 1. The molecule has 1 aromatic carbocycles. The Morgan fingerprint density at radius 3 is 2.48 bits per heavy atom. The van der Waals surface area contributed by atoms with E-state index in [1.165, 1.54) is 0 Å². The molecule has 2 aliphatic rings. The number of aliphatic hydroxyl groups excluding tert-OH is 1. The molecule has 1 unspecified atom stereocenters. The minimum atomic E-state index is -0.582. The molecule has 0 radical (unpaired) electrons. The van der Waals surface area contributed by atoms with Crippen LogP contribution in [-0.2, 0) is 9.47 Å². The van der Waals surface area contributed by atoms with Crippen LogP contribution in [0.15, 0.2) is 48.8 Å². The maximum absolute atomic E-state index is 9.96. The number of benzene rings is 1. The van der Waals surface area contributed by atoms with E-state index in [-0.39, 0.29) is 23.9 Å². The van der Waals surface area contributed by atoms with E-state index in [0.29, 0.717) is 34.6 Å². The van der Waals surface area contributed by atoms with Crippen molar-refractivity contribution in [2.24, 2.45) is 0 Å². The summed E-state index contributed by atoms with van der Waals surface area (Å²) in [4.78, 5) is 8.92. The van der Waals surface area contributed by atoms with Crippen LogP contribution in [0.3, 0.4) is 0 Å². The predicted molar refractivity (Wildman–Crippen MR) is 126 cm³/mol. The molecule has 7 nitrogen and oxygen atoms in total. The van der Waals surface area contributed by atoms with Crippen LogP contribution in [0.25, 0.3) is 11.1 Å². The zero-order chi connectivity index (χ0) is 23.1. The molecule has 172 valence electrons. The number of halogens is 2. The maximum Gasteiger partial charge on any atom is 0.166 e. The van der Waals surface area contributed by atoms with E-state index >= 15 is 0 Å². The molecule has 5 atom stereocenters. The normalized spacial score (nSPS) is 25.1. The monoisotopic (exact) mass is 487 g/mol. The van der Waals surface area contributed by atoms with Crippen molar-refractivity contribution in [1.82, 2.24) is 9.97 Å². The number of aromatic nitrogens is 2. The van der Waals surface area contributed by atoms with Gasteiger partial charge in [0.2, 0.25) is 0 Å². The summed E-state index contributed by atoms with van der Waals surface area (Å²) in [5.74, 6) is 0.690. The molecule has 3 aromatic rings. The van der Waals surface area contributed by atoms with Crippen molar-refractivity contribution in [3.63, 3.8) is 0 Å². The van der Waals surface area contributed by atoms with Crippen LogP contribution in [0.5, 0.6) is 5.75 Å². The smallest absolute Gasteiger partial charge is 0.166 e. The molecule has 3 N–H and O–H groups in total. The molecule has 0 spiro atoms. The van der Waals surface area contributed by atoms with E-state index in [1.807, 2.05) is 25.1 Å². The van der Waals surface area contributed by atoms with Crippen molar-refractivity contribution in [3.05, 3.63) is 70.1 Å². The highest BCUT2D eigenvalue weighted by Gasteiger charge is 2.48. The molecule has 0 saturated carbocycles. The van der Waals surface area contributed by atoms with Gasteiger partial charge in [0.15, 0.2) is 11.6 Å². The van der Waals surface area contributed by atoms with E-state index in [2.05, 4.69) is 9.97 Å². The van der Waals surface area contributed by atoms with Gasteiger partial charge < -0.3 is 25.1 Å². The van der Waals surface area contributed by atoms with Gasteiger partial charge in [0.1, 0.15) is 18.3 Å². The molecule has 2 aliphatic heterocycles. The number of anilines is 1. The predicted octanol–water partition coefficient (Wildman–Crippen LogP) is 4.41. The molecule has 33 heavy (non-hydrogen) atoms. The molecule has 9 heteroatoms. The average Bonchev–Trinajstić information content (AvgIpc) is 3.38. The number of hydrogen-bond acceptors (Lipinski definition) is 7. The highest BCUT2D eigenvalue weighted by molar-refractivity contribution is 6.36. The Balaban J connectivity index is 1.36. The van der Waals surface area contributed by atoms with Crippen molar-refractivity contribution in [3.8, 4) is 16.9 Å². The molecule has 0 bridgehead atoms. The zero-order valence-corrected chi connectivity index (χ0v) is 19.3. The fraction of sp³-hybridized carbons (Fsp3) is 0.333. The topological polar surface area (TPSA) is 99.7 Å². The van der Waals surface area contributed by atoms with Crippen LogP contribution in [0, 0.1) is 0 Å². The summed E-state index contributed by atoms with van der Waals surface area (Å²) in [5.41, 5.74) is 9.30. The van der Waals surface area contributed by atoms with Gasteiger partial charge in [-0.25, -0.2) is 4.98 Å². The number of rotatable bonds is 5. The fourth-order valence-corrected chi connectivity index (χ4v) is 5.09. The molecule has 2 saturated heterocycles. The first-order valence-electron chi connectivity index (χ1n) is 10.7. The molecule has 4 heterocycles. The lowest BCUT2D eigenvalue weighted by Crippen LogP contribution is -2.28. The van der Waals surface area contributed by atoms with Gasteiger partial charge in [-0.15, -0.1) is 0 Å². The Morgan fingerprint density at radius 1 is 1.03 bits per heavy atom. The lowest BCUT2D eigenvalue weighted by Gasteiger charge is -2.19. The maximum atomic E-state index is 9.96. The standard InChI is InChI=1S/C24H23Cl2N3O4/c1-12(21-16(25)3-2-4-17(21)26)33-20-7-14(9-29-24(20)27)13-5-6-18(28-8-13)15-10-31-23-19(30)11-32-22(15)23/h2-9,12,15,19,22-23,30H,10-11H2,1H3,(H2,27,29)/t12-,15-,19-,22-,23?/m1/s1. The van der Waals surface area contributed by atoms with Crippen LogP contribution >= 0.6 is 23.2 Å². The van der Waals surface area contributed by atoms with Crippen molar-refractivity contribution in [2.75, 3.05) is 18.9 Å². The van der Waals surface area contributed by atoms with Gasteiger partial charge in [-0.3, -0.25) is 4.98 Å². The molecular formula is C24H23Cl2N3O4. The fourth-order valence-electron chi connectivity index (χ4n) is 4.38. The number of nitrogens with two attached hydrogens (primary N) is 1. The minimum absolute atomic E-state index is 0.00847. The zero-order valence-electron chi connectivity index (χ0n) is 17.8. The first-order chi connectivity index (χ1) is 15.9. The average molecular weight is 488 g/mol. The van der Waals surface area contributed by atoms with Gasteiger partial charge in [0.05, 0.1) is 25.2 Å². The summed E-state index contributed by atoms with van der Waals surface area (Å²) in [6, 6.07) is 11.1. The molecule has 2 fully saturated rings. The quantitative estimate of drug-likeness (QED) is 0.549. The second-order valence-corrected chi connectivity index (χ2v) is 9.06. The van der Waals surface area contributed by atoms with E-state index in [4.69, 9.17) is 43.1 Å². The van der Waals surface area contributed by atoms with Gasteiger partial charge in [0.25, 0.3) is 0 Å². The largest absolute Gasteiger partial charge is 0.482 e. The Bertz CT molecular complexity index is 1140. The van der Waals surface area contributed by atoms with Gasteiger partial charge >= 0.3 is 0 Å². The summed E-state index contributed by atoms with van der Waals surface area (Å²) < 4.78 is 17.5. The Morgan fingerprint density at radius 2 is 1.76 bits per heavy atom. The third-order valence-electron chi connectivity index (χ3n) is 6.12. The third kappa shape index (κ3) is 4.27. The third-order valence-corrected chi connectivity index (χ3v) is 6.78. The van der Waals surface area contributed by atoms with E-state index in [1.54, 1.807) is 30.6 Å². The van der Waals surface area contributed by atoms with Crippen LogP contribution < -0.4 is 10.5 Å². The van der Waals surface area contributed by atoms with Crippen LogP contribution in [0.2, 0.25) is 10.0 Å². The number of ether oxygens (including phenoxy) is 3. The second kappa shape index (κ2) is 9.08. The lowest BCUT2D eigenvalue weighted by molar-refractivity contribution is 0.0181.